The Labute approximate surface area is 293 Å². The van der Waals surface area contributed by atoms with E-state index in [2.05, 4.69) is 13.2 Å². The minimum atomic E-state index is -0.516. The average molecular weight is 681 g/mol. The van der Waals surface area contributed by atoms with Crippen LogP contribution in [0.4, 0.5) is 0 Å². The van der Waals surface area contributed by atoms with E-state index in [1.807, 2.05) is 19.1 Å². The molecule has 50 heavy (non-hydrogen) atoms. The third kappa shape index (κ3) is 11.1. The molecule has 262 valence electrons. The second-order valence-electron chi connectivity index (χ2n) is 12.2. The van der Waals surface area contributed by atoms with Gasteiger partial charge in [-0.05, 0) is 118 Å². The van der Waals surface area contributed by atoms with E-state index in [-0.39, 0.29) is 11.9 Å². The number of carbonyl (C=O) groups is 4. The summed E-state index contributed by atoms with van der Waals surface area (Å²) in [5.74, 6) is -0.0337. The minimum absolute atomic E-state index is 0.0462. The van der Waals surface area contributed by atoms with Gasteiger partial charge in [0.05, 0.1) is 18.8 Å². The Morgan fingerprint density at radius 3 is 2.18 bits per heavy atom. The molecule has 9 nitrogen and oxygen atoms in total. The number of ether oxygens (including phenoxy) is 5. The number of aryl methyl sites for hydroxylation is 1. The molecule has 0 amide bonds. The number of esters is 4. The molecule has 0 bridgehead atoms. The van der Waals surface area contributed by atoms with Gasteiger partial charge in [0.15, 0.2) is 0 Å². The molecule has 9 heteroatoms. The van der Waals surface area contributed by atoms with Crippen LogP contribution in [0.25, 0.3) is 0 Å². The lowest BCUT2D eigenvalue weighted by atomic mass is 9.84. The fourth-order valence-electron chi connectivity index (χ4n) is 5.15. The molecule has 0 N–H and O–H groups in total. The standard InChI is InChI=1S/C41H44O9/c1-6-11-32-26-36(49-40(44)29-14-17-34(18-15-29)46-22-9-7-8-10-23-47-38(42)27(2)3)20-21-37(32)50-41(45)33-13-12-31-25-35(19-16-30(31)24-33)48-39(43)28(4)5/h12-21,25-26,30H,2,4,6-11,22-24H2,1,3,5H3. The lowest BCUT2D eigenvalue weighted by Crippen LogP contribution is -2.19. The molecule has 0 spiro atoms. The predicted molar refractivity (Wildman–Crippen MR) is 190 cm³/mol. The van der Waals surface area contributed by atoms with E-state index in [1.54, 1.807) is 74.5 Å². The topological polar surface area (TPSA) is 114 Å². The maximum atomic E-state index is 13.2. The van der Waals surface area contributed by atoms with Gasteiger partial charge in [-0.3, -0.25) is 0 Å². The van der Waals surface area contributed by atoms with E-state index in [4.69, 9.17) is 23.7 Å². The molecule has 0 saturated heterocycles. The summed E-state index contributed by atoms with van der Waals surface area (Å²) < 4.78 is 27.7. The molecular formula is C41H44O9. The van der Waals surface area contributed by atoms with Crippen molar-refractivity contribution in [2.24, 2.45) is 5.92 Å². The predicted octanol–water partition coefficient (Wildman–Crippen LogP) is 8.27. The van der Waals surface area contributed by atoms with Gasteiger partial charge in [0.2, 0.25) is 0 Å². The molecule has 1 atom stereocenters. The number of carbonyl (C=O) groups excluding carboxylic acids is 4. The molecule has 4 rings (SSSR count). The monoisotopic (exact) mass is 680 g/mol. The van der Waals surface area contributed by atoms with Gasteiger partial charge >= 0.3 is 23.9 Å². The molecule has 0 aliphatic heterocycles. The van der Waals surface area contributed by atoms with E-state index in [0.717, 1.165) is 43.2 Å². The summed E-state index contributed by atoms with van der Waals surface area (Å²) in [6.07, 6.45) is 14.3. The quantitative estimate of drug-likeness (QED) is 0.0705. The van der Waals surface area contributed by atoms with Crippen molar-refractivity contribution in [1.29, 1.82) is 0 Å². The maximum Gasteiger partial charge on any atom is 0.343 e. The molecule has 1 unspecified atom stereocenters. The third-order valence-electron chi connectivity index (χ3n) is 7.91. The first kappa shape index (κ1) is 37.4. The van der Waals surface area contributed by atoms with Gasteiger partial charge in [0.1, 0.15) is 23.0 Å². The van der Waals surface area contributed by atoms with Crippen LogP contribution in [0.5, 0.6) is 17.2 Å². The molecular weight excluding hydrogens is 636 g/mol. The lowest BCUT2D eigenvalue weighted by Gasteiger charge is -2.23. The van der Waals surface area contributed by atoms with Crippen LogP contribution in [-0.2, 0) is 30.3 Å². The van der Waals surface area contributed by atoms with Crippen LogP contribution in [0.2, 0.25) is 0 Å². The van der Waals surface area contributed by atoms with Crippen LogP contribution in [-0.4, -0.2) is 37.1 Å². The molecule has 2 aliphatic carbocycles. The van der Waals surface area contributed by atoms with Crippen molar-refractivity contribution in [2.75, 3.05) is 13.2 Å². The Hall–Kier alpha value is -5.44. The Morgan fingerprint density at radius 1 is 0.780 bits per heavy atom. The van der Waals surface area contributed by atoms with Crippen molar-refractivity contribution in [1.82, 2.24) is 0 Å². The van der Waals surface area contributed by atoms with Crippen molar-refractivity contribution in [3.05, 3.63) is 125 Å². The van der Waals surface area contributed by atoms with E-state index in [1.165, 1.54) is 0 Å². The molecule has 2 aromatic rings. The summed E-state index contributed by atoms with van der Waals surface area (Å²) in [5.41, 5.74) is 3.28. The molecule has 0 aromatic heterocycles. The maximum absolute atomic E-state index is 13.2. The highest BCUT2D eigenvalue weighted by atomic mass is 16.5. The minimum Gasteiger partial charge on any atom is -0.494 e. The first-order chi connectivity index (χ1) is 24.0. The summed E-state index contributed by atoms with van der Waals surface area (Å²) in [6.45, 7) is 13.3. The third-order valence-corrected chi connectivity index (χ3v) is 7.91. The summed E-state index contributed by atoms with van der Waals surface area (Å²) in [4.78, 5) is 49.3. The molecule has 0 fully saturated rings. The number of hydrogen-bond donors (Lipinski definition) is 0. The van der Waals surface area contributed by atoms with Gasteiger partial charge in [-0.15, -0.1) is 0 Å². The fourth-order valence-corrected chi connectivity index (χ4v) is 5.15. The second-order valence-corrected chi connectivity index (χ2v) is 12.2. The van der Waals surface area contributed by atoms with Gasteiger partial charge in [-0.2, -0.15) is 0 Å². The number of fused-ring (bicyclic) bond motifs is 1. The number of unbranched alkanes of at least 4 members (excludes halogenated alkanes) is 3. The fraction of sp³-hybridized carbons (Fsp3) is 0.317. The summed E-state index contributed by atoms with van der Waals surface area (Å²) in [5, 5.41) is 0. The Morgan fingerprint density at radius 2 is 1.48 bits per heavy atom. The smallest absolute Gasteiger partial charge is 0.343 e. The van der Waals surface area contributed by atoms with Gasteiger partial charge < -0.3 is 23.7 Å². The van der Waals surface area contributed by atoms with Crippen molar-refractivity contribution >= 4 is 23.9 Å². The van der Waals surface area contributed by atoms with Crippen LogP contribution in [0, 0.1) is 5.92 Å². The SMILES string of the molecule is C=C(C)C(=O)OCCCCCCOc1ccc(C(=O)Oc2ccc(OC(=O)C3=CC=C4C=C(OC(=O)C(=C)C)C=CC4C3)c(CCC)c2)cc1. The highest BCUT2D eigenvalue weighted by Crippen LogP contribution is 2.34. The summed E-state index contributed by atoms with van der Waals surface area (Å²) in [6, 6.07) is 11.7. The van der Waals surface area contributed by atoms with E-state index >= 15 is 0 Å². The van der Waals surface area contributed by atoms with Crippen LogP contribution in [0.3, 0.4) is 0 Å². The number of hydrogen-bond acceptors (Lipinski definition) is 9. The van der Waals surface area contributed by atoms with Gasteiger partial charge in [-0.1, -0.05) is 44.7 Å². The lowest BCUT2D eigenvalue weighted by molar-refractivity contribution is -0.139. The number of benzene rings is 2. The zero-order valence-electron chi connectivity index (χ0n) is 29.0. The zero-order valence-corrected chi connectivity index (χ0v) is 29.0. The number of rotatable bonds is 17. The Balaban J connectivity index is 1.27. The van der Waals surface area contributed by atoms with Crippen LogP contribution in [0.15, 0.2) is 114 Å². The molecule has 0 saturated carbocycles. The Kier molecular flexibility index (Phi) is 13.7. The van der Waals surface area contributed by atoms with Crippen molar-refractivity contribution in [2.45, 2.75) is 65.7 Å². The summed E-state index contributed by atoms with van der Waals surface area (Å²) >= 11 is 0. The first-order valence-electron chi connectivity index (χ1n) is 16.8. The van der Waals surface area contributed by atoms with E-state index in [9.17, 15) is 19.2 Å². The molecule has 0 radical (unpaired) electrons. The molecule has 2 aliphatic rings. The van der Waals surface area contributed by atoms with Crippen molar-refractivity contribution in [3.8, 4) is 17.2 Å². The van der Waals surface area contributed by atoms with E-state index in [0.29, 0.717) is 71.3 Å². The zero-order chi connectivity index (χ0) is 36.0. The van der Waals surface area contributed by atoms with Gasteiger partial charge in [-0.25, -0.2) is 19.2 Å². The molecule has 0 heterocycles. The number of allylic oxidation sites excluding steroid dienone is 6. The van der Waals surface area contributed by atoms with Crippen molar-refractivity contribution < 1.29 is 42.9 Å². The van der Waals surface area contributed by atoms with E-state index < -0.39 is 17.9 Å². The van der Waals surface area contributed by atoms with Gasteiger partial charge in [0.25, 0.3) is 0 Å². The molecule has 2 aromatic carbocycles. The van der Waals surface area contributed by atoms with Gasteiger partial charge in [0, 0.05) is 22.6 Å². The average Bonchev–Trinajstić information content (AvgIpc) is 3.10. The van der Waals surface area contributed by atoms with Crippen LogP contribution < -0.4 is 14.2 Å². The first-order valence-corrected chi connectivity index (χ1v) is 16.8. The second kappa shape index (κ2) is 18.4. The van der Waals surface area contributed by atoms with Crippen LogP contribution in [0.1, 0.15) is 75.2 Å². The summed E-state index contributed by atoms with van der Waals surface area (Å²) in [7, 11) is 0. The van der Waals surface area contributed by atoms with Crippen molar-refractivity contribution in [3.63, 3.8) is 0 Å². The normalized spacial score (nSPS) is 14.6. The highest BCUT2D eigenvalue weighted by Gasteiger charge is 2.25. The largest absolute Gasteiger partial charge is 0.494 e. The Bertz CT molecular complexity index is 1740. The highest BCUT2D eigenvalue weighted by molar-refractivity contribution is 5.92. The van der Waals surface area contributed by atoms with Crippen LogP contribution >= 0.6 is 0 Å².